The van der Waals surface area contributed by atoms with Crippen molar-refractivity contribution >= 4 is 17.7 Å². The molecule has 1 fully saturated rings. The Labute approximate surface area is 176 Å². The van der Waals surface area contributed by atoms with Crippen LogP contribution in [-0.2, 0) is 10.5 Å². The maximum absolute atomic E-state index is 12.2. The SMILES string of the molecule is COc1ccc(-c2nc(CSCC(=O)NC3CCC(C)CC3)c(C)o2)cc1OC. The molecule has 1 aromatic heterocycles. The van der Waals surface area contributed by atoms with Gasteiger partial charge in [0.2, 0.25) is 11.8 Å². The van der Waals surface area contributed by atoms with Gasteiger partial charge in [0, 0.05) is 17.4 Å². The van der Waals surface area contributed by atoms with Gasteiger partial charge in [-0.1, -0.05) is 6.92 Å². The van der Waals surface area contributed by atoms with Crippen LogP contribution in [0.3, 0.4) is 0 Å². The lowest BCUT2D eigenvalue weighted by Crippen LogP contribution is -2.38. The minimum absolute atomic E-state index is 0.107. The Balaban J connectivity index is 1.53. The van der Waals surface area contributed by atoms with Gasteiger partial charge in [0.05, 0.1) is 25.7 Å². The van der Waals surface area contributed by atoms with Gasteiger partial charge in [-0.3, -0.25) is 4.79 Å². The number of nitrogens with one attached hydrogen (secondary N) is 1. The van der Waals surface area contributed by atoms with Crippen LogP contribution in [0.2, 0.25) is 0 Å². The Morgan fingerprint density at radius 1 is 1.21 bits per heavy atom. The van der Waals surface area contributed by atoms with E-state index in [4.69, 9.17) is 13.9 Å². The summed E-state index contributed by atoms with van der Waals surface area (Å²) in [5.74, 6) is 4.56. The molecule has 0 spiro atoms. The Morgan fingerprint density at radius 2 is 1.93 bits per heavy atom. The van der Waals surface area contributed by atoms with Gasteiger partial charge in [-0.25, -0.2) is 4.98 Å². The molecule has 1 aliphatic rings. The molecule has 1 heterocycles. The average molecular weight is 419 g/mol. The zero-order valence-electron chi connectivity index (χ0n) is 17.6. The Hall–Kier alpha value is -2.15. The van der Waals surface area contributed by atoms with E-state index in [1.165, 1.54) is 12.8 Å². The van der Waals surface area contributed by atoms with E-state index in [2.05, 4.69) is 17.2 Å². The molecular weight excluding hydrogens is 388 g/mol. The highest BCUT2D eigenvalue weighted by Gasteiger charge is 2.20. The van der Waals surface area contributed by atoms with E-state index in [-0.39, 0.29) is 5.91 Å². The second kappa shape index (κ2) is 10.1. The second-order valence-corrected chi connectivity index (χ2v) is 8.59. The molecule has 0 saturated heterocycles. The topological polar surface area (TPSA) is 73.6 Å². The second-order valence-electron chi connectivity index (χ2n) is 7.61. The Bertz CT molecular complexity index is 828. The number of methoxy groups -OCH3 is 2. The molecule has 0 radical (unpaired) electrons. The highest BCUT2D eigenvalue weighted by atomic mass is 32.2. The summed E-state index contributed by atoms with van der Waals surface area (Å²) in [6.45, 7) is 4.18. The first-order valence-corrected chi connectivity index (χ1v) is 11.2. The van der Waals surface area contributed by atoms with Gasteiger partial charge < -0.3 is 19.2 Å². The van der Waals surface area contributed by atoms with Crippen molar-refractivity contribution in [1.29, 1.82) is 0 Å². The van der Waals surface area contributed by atoms with Crippen molar-refractivity contribution in [3.05, 3.63) is 29.7 Å². The van der Waals surface area contributed by atoms with Crippen molar-refractivity contribution < 1.29 is 18.7 Å². The molecule has 6 nitrogen and oxygen atoms in total. The van der Waals surface area contributed by atoms with Gasteiger partial charge >= 0.3 is 0 Å². The van der Waals surface area contributed by atoms with E-state index in [1.54, 1.807) is 26.0 Å². The van der Waals surface area contributed by atoms with E-state index < -0.39 is 0 Å². The molecule has 2 aromatic rings. The van der Waals surface area contributed by atoms with Crippen LogP contribution in [0.1, 0.15) is 44.1 Å². The lowest BCUT2D eigenvalue weighted by molar-refractivity contribution is -0.119. The van der Waals surface area contributed by atoms with E-state index in [0.717, 1.165) is 35.8 Å². The molecule has 1 aliphatic carbocycles. The Kier molecular flexibility index (Phi) is 7.47. The summed E-state index contributed by atoms with van der Waals surface area (Å²) >= 11 is 1.56. The number of nitrogens with zero attached hydrogens (tertiary/aromatic N) is 1. The fourth-order valence-electron chi connectivity index (χ4n) is 3.57. The molecule has 29 heavy (non-hydrogen) atoms. The maximum atomic E-state index is 12.2. The standard InChI is InChI=1S/C22H30N2O4S/c1-14-5-8-17(9-6-14)23-21(25)13-29-12-18-15(2)28-22(24-18)16-7-10-19(26-3)20(11-16)27-4/h7,10-11,14,17H,5-6,8-9,12-13H2,1-4H3,(H,23,25). The third-order valence-corrected chi connectivity index (χ3v) is 6.32. The molecule has 1 aromatic carbocycles. The molecular formula is C22H30N2O4S. The predicted molar refractivity (Wildman–Crippen MR) is 116 cm³/mol. The lowest BCUT2D eigenvalue weighted by atomic mass is 9.87. The molecule has 7 heteroatoms. The Morgan fingerprint density at radius 3 is 2.62 bits per heavy atom. The van der Waals surface area contributed by atoms with E-state index in [0.29, 0.717) is 34.9 Å². The molecule has 3 rings (SSSR count). The minimum Gasteiger partial charge on any atom is -0.493 e. The highest BCUT2D eigenvalue weighted by Crippen LogP contribution is 2.33. The van der Waals surface area contributed by atoms with Crippen molar-refractivity contribution in [3.63, 3.8) is 0 Å². The summed E-state index contributed by atoms with van der Waals surface area (Å²) in [6.07, 6.45) is 4.59. The van der Waals surface area contributed by atoms with Crippen molar-refractivity contribution in [2.45, 2.75) is 51.3 Å². The smallest absolute Gasteiger partial charge is 0.230 e. The molecule has 0 unspecified atom stereocenters. The first-order chi connectivity index (χ1) is 14.0. The summed E-state index contributed by atoms with van der Waals surface area (Å²) in [5, 5.41) is 3.17. The highest BCUT2D eigenvalue weighted by molar-refractivity contribution is 7.99. The number of hydrogen-bond acceptors (Lipinski definition) is 6. The number of carbonyl (C=O) groups excluding carboxylic acids is 1. The van der Waals surface area contributed by atoms with E-state index in [9.17, 15) is 4.79 Å². The zero-order chi connectivity index (χ0) is 20.8. The monoisotopic (exact) mass is 418 g/mol. The van der Waals surface area contributed by atoms with Crippen LogP contribution >= 0.6 is 11.8 Å². The van der Waals surface area contributed by atoms with Gasteiger partial charge in [0.1, 0.15) is 5.76 Å². The van der Waals surface area contributed by atoms with Gasteiger partial charge in [-0.05, 0) is 56.7 Å². The molecule has 0 aliphatic heterocycles. The van der Waals surface area contributed by atoms with Crippen molar-refractivity contribution in [2.24, 2.45) is 5.92 Å². The van der Waals surface area contributed by atoms with Gasteiger partial charge in [0.25, 0.3) is 0 Å². The van der Waals surface area contributed by atoms with Gasteiger partial charge in [-0.2, -0.15) is 0 Å². The molecule has 0 atom stereocenters. The van der Waals surface area contributed by atoms with Gasteiger partial charge in [-0.15, -0.1) is 11.8 Å². The van der Waals surface area contributed by atoms with Crippen molar-refractivity contribution in [1.82, 2.24) is 10.3 Å². The van der Waals surface area contributed by atoms with Crippen LogP contribution < -0.4 is 14.8 Å². The molecule has 0 bridgehead atoms. The number of oxazole rings is 1. The zero-order valence-corrected chi connectivity index (χ0v) is 18.4. The number of amides is 1. The normalized spacial score (nSPS) is 19.0. The van der Waals surface area contributed by atoms with Crippen LogP contribution in [0.15, 0.2) is 22.6 Å². The van der Waals surface area contributed by atoms with Crippen molar-refractivity contribution in [3.8, 4) is 23.0 Å². The van der Waals surface area contributed by atoms with E-state index >= 15 is 0 Å². The number of benzene rings is 1. The molecule has 158 valence electrons. The number of hydrogen-bond donors (Lipinski definition) is 1. The summed E-state index contributed by atoms with van der Waals surface area (Å²) in [5.41, 5.74) is 1.69. The molecule has 1 amide bonds. The van der Waals surface area contributed by atoms with Crippen LogP contribution in [0.5, 0.6) is 11.5 Å². The van der Waals surface area contributed by atoms with Crippen LogP contribution in [0, 0.1) is 12.8 Å². The summed E-state index contributed by atoms with van der Waals surface area (Å²) < 4.78 is 16.5. The number of aromatic nitrogens is 1. The third kappa shape index (κ3) is 5.69. The number of aryl methyl sites for hydroxylation is 1. The third-order valence-electron chi connectivity index (χ3n) is 5.38. The summed E-state index contributed by atoms with van der Waals surface area (Å²) in [7, 11) is 3.20. The number of thioether (sulfide) groups is 1. The summed E-state index contributed by atoms with van der Waals surface area (Å²) in [6, 6.07) is 5.91. The van der Waals surface area contributed by atoms with Gasteiger partial charge in [0.15, 0.2) is 11.5 Å². The largest absolute Gasteiger partial charge is 0.493 e. The van der Waals surface area contributed by atoms with E-state index in [1.807, 2.05) is 25.1 Å². The fraction of sp³-hybridized carbons (Fsp3) is 0.545. The summed E-state index contributed by atoms with van der Waals surface area (Å²) in [4.78, 5) is 16.8. The predicted octanol–water partition coefficient (Wildman–Crippen LogP) is 4.60. The quantitative estimate of drug-likeness (QED) is 0.676. The minimum atomic E-state index is 0.107. The number of ether oxygens (including phenoxy) is 2. The molecule has 1 N–H and O–H groups in total. The molecule has 1 saturated carbocycles. The van der Waals surface area contributed by atoms with Crippen LogP contribution in [0.25, 0.3) is 11.5 Å². The van der Waals surface area contributed by atoms with Crippen LogP contribution in [0.4, 0.5) is 0 Å². The maximum Gasteiger partial charge on any atom is 0.230 e. The first kappa shape index (κ1) is 21.6. The van der Waals surface area contributed by atoms with Crippen LogP contribution in [-0.4, -0.2) is 36.9 Å². The average Bonchev–Trinajstić information content (AvgIpc) is 3.09. The lowest BCUT2D eigenvalue weighted by Gasteiger charge is -2.26. The number of rotatable bonds is 8. The fourth-order valence-corrected chi connectivity index (χ4v) is 4.40. The first-order valence-electron chi connectivity index (χ1n) is 10.1. The number of carbonyl (C=O) groups is 1. The van der Waals surface area contributed by atoms with Crippen molar-refractivity contribution in [2.75, 3.05) is 20.0 Å².